The number of fused-ring (bicyclic) bond motifs is 1. The van der Waals surface area contributed by atoms with Crippen LogP contribution in [0, 0.1) is 0 Å². The first kappa shape index (κ1) is 19.4. The SMILES string of the molecule is CN(C(=O)[C@@H]1CCCN1S(=O)(=O)c1cccc2nsnc12)c1ccc(Br)cc1. The number of halogens is 1. The maximum atomic E-state index is 13.4. The standard InChI is InChI=1S/C18H17BrN4O3S2/c1-22(13-9-7-12(19)8-10-13)18(24)15-5-3-11-23(15)28(25,26)16-6-2-4-14-17(16)21-27-20-14/h2,4,6-10,15H,3,5,11H2,1H3/t15-/m0/s1. The van der Waals surface area contributed by atoms with Gasteiger partial charge in [0.05, 0.1) is 11.7 Å². The summed E-state index contributed by atoms with van der Waals surface area (Å²) in [5.74, 6) is -0.244. The molecule has 0 spiro atoms. The molecule has 0 saturated carbocycles. The fourth-order valence-electron chi connectivity index (χ4n) is 3.41. The van der Waals surface area contributed by atoms with Crippen molar-refractivity contribution in [1.82, 2.24) is 13.1 Å². The van der Waals surface area contributed by atoms with E-state index in [1.165, 1.54) is 15.3 Å². The average Bonchev–Trinajstić information content (AvgIpc) is 3.36. The van der Waals surface area contributed by atoms with Gasteiger partial charge in [-0.05, 0) is 49.2 Å². The van der Waals surface area contributed by atoms with Gasteiger partial charge in [-0.1, -0.05) is 22.0 Å². The van der Waals surface area contributed by atoms with Gasteiger partial charge in [0, 0.05) is 23.8 Å². The number of amides is 1. The highest BCUT2D eigenvalue weighted by molar-refractivity contribution is 9.10. The largest absolute Gasteiger partial charge is 0.314 e. The number of benzene rings is 2. The van der Waals surface area contributed by atoms with Crippen LogP contribution in [0.4, 0.5) is 5.69 Å². The topological polar surface area (TPSA) is 83.5 Å². The molecule has 28 heavy (non-hydrogen) atoms. The van der Waals surface area contributed by atoms with Crippen molar-refractivity contribution in [2.24, 2.45) is 0 Å². The normalized spacial score (nSPS) is 17.9. The highest BCUT2D eigenvalue weighted by atomic mass is 79.9. The Hall–Kier alpha value is -1.88. The molecule has 2 aromatic carbocycles. The molecule has 1 fully saturated rings. The van der Waals surface area contributed by atoms with Gasteiger partial charge in [-0.3, -0.25) is 4.79 Å². The minimum atomic E-state index is -3.87. The Morgan fingerprint density at radius 3 is 2.71 bits per heavy atom. The molecular weight excluding hydrogens is 464 g/mol. The smallest absolute Gasteiger partial charge is 0.246 e. The highest BCUT2D eigenvalue weighted by Crippen LogP contribution is 2.31. The molecule has 3 aromatic rings. The summed E-state index contributed by atoms with van der Waals surface area (Å²) in [6, 6.07) is 11.5. The fourth-order valence-corrected chi connectivity index (χ4v) is 6.08. The van der Waals surface area contributed by atoms with Crippen molar-refractivity contribution >= 4 is 60.3 Å². The monoisotopic (exact) mass is 480 g/mol. The summed E-state index contributed by atoms with van der Waals surface area (Å²) in [6.07, 6.45) is 1.12. The van der Waals surface area contributed by atoms with Crippen LogP contribution < -0.4 is 4.90 Å². The second-order valence-corrected chi connectivity index (χ2v) is 9.84. The first-order valence-corrected chi connectivity index (χ1v) is 11.6. The Bertz CT molecular complexity index is 1130. The number of rotatable bonds is 4. The quantitative estimate of drug-likeness (QED) is 0.571. The van der Waals surface area contributed by atoms with Crippen LogP contribution in [0.25, 0.3) is 11.0 Å². The van der Waals surface area contributed by atoms with Crippen LogP contribution in [0.2, 0.25) is 0 Å². The minimum absolute atomic E-state index is 0.102. The van der Waals surface area contributed by atoms with Crippen LogP contribution in [0.1, 0.15) is 12.8 Å². The van der Waals surface area contributed by atoms with Crippen molar-refractivity contribution in [3.05, 3.63) is 46.9 Å². The summed E-state index contributed by atoms with van der Waals surface area (Å²) < 4.78 is 37.2. The number of likely N-dealkylation sites (N-methyl/N-ethyl adjacent to an activating group) is 1. The molecular formula is C18H17BrN4O3S2. The summed E-state index contributed by atoms with van der Waals surface area (Å²) in [7, 11) is -2.20. The lowest BCUT2D eigenvalue weighted by Gasteiger charge is -2.27. The van der Waals surface area contributed by atoms with Crippen LogP contribution in [-0.2, 0) is 14.8 Å². The number of hydrogen-bond acceptors (Lipinski definition) is 6. The number of hydrogen-bond donors (Lipinski definition) is 0. The van der Waals surface area contributed by atoms with Gasteiger partial charge in [0.2, 0.25) is 15.9 Å². The molecule has 1 aromatic heterocycles. The maximum Gasteiger partial charge on any atom is 0.246 e. The number of sulfonamides is 1. The van der Waals surface area contributed by atoms with E-state index in [0.29, 0.717) is 36.1 Å². The lowest BCUT2D eigenvalue weighted by molar-refractivity contribution is -0.121. The van der Waals surface area contributed by atoms with E-state index >= 15 is 0 Å². The molecule has 0 unspecified atom stereocenters. The summed E-state index contributed by atoms with van der Waals surface area (Å²) in [6.45, 7) is 0.306. The first-order chi connectivity index (χ1) is 13.4. The fraction of sp³-hybridized carbons (Fsp3) is 0.278. The molecule has 7 nitrogen and oxygen atoms in total. The lowest BCUT2D eigenvalue weighted by atomic mass is 10.2. The van der Waals surface area contributed by atoms with Gasteiger partial charge in [-0.15, -0.1) is 0 Å². The Morgan fingerprint density at radius 2 is 1.96 bits per heavy atom. The van der Waals surface area contributed by atoms with Crippen molar-refractivity contribution in [3.63, 3.8) is 0 Å². The molecule has 0 radical (unpaired) electrons. The van der Waals surface area contributed by atoms with E-state index in [9.17, 15) is 13.2 Å². The third-order valence-electron chi connectivity index (χ3n) is 4.87. The lowest BCUT2D eigenvalue weighted by Crippen LogP contribution is -2.46. The molecule has 1 saturated heterocycles. The van der Waals surface area contributed by atoms with Crippen molar-refractivity contribution < 1.29 is 13.2 Å². The number of carbonyl (C=O) groups is 1. The summed E-state index contributed by atoms with van der Waals surface area (Å²) in [4.78, 5) is 14.7. The zero-order valence-electron chi connectivity index (χ0n) is 14.9. The number of anilines is 1. The molecule has 1 aliphatic heterocycles. The summed E-state index contributed by atoms with van der Waals surface area (Å²) in [5, 5.41) is 0. The number of aromatic nitrogens is 2. The van der Waals surface area contributed by atoms with E-state index in [1.54, 1.807) is 19.2 Å². The van der Waals surface area contributed by atoms with Crippen molar-refractivity contribution in [2.45, 2.75) is 23.8 Å². The van der Waals surface area contributed by atoms with Crippen LogP contribution in [0.15, 0.2) is 51.8 Å². The van der Waals surface area contributed by atoms with Crippen molar-refractivity contribution in [3.8, 4) is 0 Å². The molecule has 0 bridgehead atoms. The van der Waals surface area contributed by atoms with E-state index < -0.39 is 16.1 Å². The van der Waals surface area contributed by atoms with E-state index in [2.05, 4.69) is 24.7 Å². The predicted octanol–water partition coefficient (Wildman–Crippen LogP) is 3.27. The van der Waals surface area contributed by atoms with Gasteiger partial charge < -0.3 is 4.90 Å². The second-order valence-electron chi connectivity index (χ2n) is 6.54. The Morgan fingerprint density at radius 1 is 1.21 bits per heavy atom. The second kappa shape index (κ2) is 7.51. The van der Waals surface area contributed by atoms with Crippen LogP contribution in [-0.4, -0.2) is 47.0 Å². The third-order valence-corrected chi connectivity index (χ3v) is 7.88. The zero-order valence-corrected chi connectivity index (χ0v) is 18.2. The minimum Gasteiger partial charge on any atom is -0.314 e. The van der Waals surface area contributed by atoms with Gasteiger partial charge in [-0.25, -0.2) is 8.42 Å². The molecule has 4 rings (SSSR count). The third kappa shape index (κ3) is 3.34. The molecule has 146 valence electrons. The molecule has 1 aliphatic rings. The zero-order chi connectivity index (χ0) is 19.9. The first-order valence-electron chi connectivity index (χ1n) is 8.66. The van der Waals surface area contributed by atoms with E-state index in [-0.39, 0.29) is 10.8 Å². The molecule has 0 N–H and O–H groups in total. The van der Waals surface area contributed by atoms with E-state index in [0.717, 1.165) is 16.2 Å². The molecule has 1 atom stereocenters. The Labute approximate surface area is 175 Å². The molecule has 2 heterocycles. The van der Waals surface area contributed by atoms with Crippen LogP contribution >= 0.6 is 27.7 Å². The van der Waals surface area contributed by atoms with Crippen molar-refractivity contribution in [1.29, 1.82) is 0 Å². The van der Waals surface area contributed by atoms with Crippen molar-refractivity contribution in [2.75, 3.05) is 18.5 Å². The van der Waals surface area contributed by atoms with E-state index in [1.807, 2.05) is 24.3 Å². The maximum absolute atomic E-state index is 13.4. The van der Waals surface area contributed by atoms with Gasteiger partial charge in [0.1, 0.15) is 22.0 Å². The number of nitrogens with zero attached hydrogens (tertiary/aromatic N) is 4. The van der Waals surface area contributed by atoms with Gasteiger partial charge in [-0.2, -0.15) is 13.1 Å². The van der Waals surface area contributed by atoms with Gasteiger partial charge in [0.15, 0.2) is 0 Å². The Balaban J connectivity index is 1.67. The number of carbonyl (C=O) groups excluding carboxylic acids is 1. The summed E-state index contributed by atoms with van der Waals surface area (Å²) in [5.41, 5.74) is 1.61. The van der Waals surface area contributed by atoms with Crippen LogP contribution in [0.5, 0.6) is 0 Å². The molecule has 0 aliphatic carbocycles. The van der Waals surface area contributed by atoms with Crippen LogP contribution in [0.3, 0.4) is 0 Å². The van der Waals surface area contributed by atoms with Gasteiger partial charge in [0.25, 0.3) is 0 Å². The molecule has 1 amide bonds. The Kier molecular flexibility index (Phi) is 5.21. The molecule has 10 heteroatoms. The van der Waals surface area contributed by atoms with Gasteiger partial charge >= 0.3 is 0 Å². The summed E-state index contributed by atoms with van der Waals surface area (Å²) >= 11 is 4.35. The average molecular weight is 481 g/mol. The highest BCUT2D eigenvalue weighted by Gasteiger charge is 2.41. The van der Waals surface area contributed by atoms with E-state index in [4.69, 9.17) is 0 Å². The predicted molar refractivity (Wildman–Crippen MR) is 112 cm³/mol.